The fourth-order valence-electron chi connectivity index (χ4n) is 2.21. The van der Waals surface area contributed by atoms with Crippen molar-refractivity contribution >= 4 is 11.9 Å². The highest BCUT2D eigenvalue weighted by Gasteiger charge is 2.08. The van der Waals surface area contributed by atoms with Crippen molar-refractivity contribution in [1.82, 2.24) is 5.32 Å². The first-order valence-corrected chi connectivity index (χ1v) is 7.09. The van der Waals surface area contributed by atoms with Crippen LogP contribution in [-0.2, 0) is 9.59 Å². The number of rotatable bonds is 8. The van der Waals surface area contributed by atoms with E-state index in [1.807, 2.05) is 32.9 Å². The summed E-state index contributed by atoms with van der Waals surface area (Å²) in [6.45, 7) is 6.39. The van der Waals surface area contributed by atoms with Gasteiger partial charge in [-0.3, -0.25) is 9.59 Å². The van der Waals surface area contributed by atoms with E-state index in [9.17, 15) is 9.59 Å². The molecule has 0 aliphatic rings. The van der Waals surface area contributed by atoms with Gasteiger partial charge in [0.25, 0.3) is 5.91 Å². The van der Waals surface area contributed by atoms with Crippen LogP contribution in [0.2, 0.25) is 0 Å². The summed E-state index contributed by atoms with van der Waals surface area (Å²) in [5, 5.41) is 11.2. The van der Waals surface area contributed by atoms with E-state index in [0.29, 0.717) is 19.4 Å². The molecule has 2 N–H and O–H groups in total. The second-order valence-corrected chi connectivity index (χ2v) is 5.22. The topological polar surface area (TPSA) is 75.6 Å². The number of hydrogen-bond acceptors (Lipinski definition) is 3. The average molecular weight is 293 g/mol. The van der Waals surface area contributed by atoms with Crippen molar-refractivity contribution in [1.29, 1.82) is 0 Å². The quantitative estimate of drug-likeness (QED) is 0.721. The summed E-state index contributed by atoms with van der Waals surface area (Å²) in [6, 6.07) is 4.04. The van der Waals surface area contributed by atoms with E-state index >= 15 is 0 Å². The molecule has 0 saturated carbocycles. The van der Waals surface area contributed by atoms with Crippen LogP contribution in [0.1, 0.15) is 36.0 Å². The number of amides is 1. The zero-order chi connectivity index (χ0) is 15.8. The number of carbonyl (C=O) groups excluding carboxylic acids is 1. The normalized spacial score (nSPS) is 10.2. The molecule has 0 radical (unpaired) electrons. The molecule has 1 rings (SSSR count). The van der Waals surface area contributed by atoms with Crippen LogP contribution >= 0.6 is 0 Å². The van der Waals surface area contributed by atoms with Gasteiger partial charge < -0.3 is 15.2 Å². The Morgan fingerprint density at radius 3 is 2.33 bits per heavy atom. The molecule has 1 amide bonds. The highest BCUT2D eigenvalue weighted by atomic mass is 16.5. The lowest BCUT2D eigenvalue weighted by molar-refractivity contribution is -0.137. The molecule has 0 aliphatic carbocycles. The third-order valence-corrected chi connectivity index (χ3v) is 3.09. The van der Waals surface area contributed by atoms with Crippen LogP contribution in [0.3, 0.4) is 0 Å². The first-order chi connectivity index (χ1) is 9.90. The smallest absolute Gasteiger partial charge is 0.303 e. The minimum Gasteiger partial charge on any atom is -0.483 e. The van der Waals surface area contributed by atoms with E-state index in [2.05, 4.69) is 5.32 Å². The lowest BCUT2D eigenvalue weighted by Gasteiger charge is -2.13. The van der Waals surface area contributed by atoms with E-state index < -0.39 is 5.97 Å². The molecule has 116 valence electrons. The number of aliphatic carboxylic acids is 1. The molecule has 0 atom stereocenters. The summed E-state index contributed by atoms with van der Waals surface area (Å²) in [5.74, 6) is -0.249. The number of unbranched alkanes of at least 4 members (excludes halogenated alkanes) is 1. The fraction of sp³-hybridized carbons (Fsp3) is 0.500. The van der Waals surface area contributed by atoms with Crippen LogP contribution in [0, 0.1) is 20.8 Å². The van der Waals surface area contributed by atoms with Crippen LogP contribution in [0.25, 0.3) is 0 Å². The summed E-state index contributed by atoms with van der Waals surface area (Å²) in [6.07, 6.45) is 1.35. The standard InChI is InChI=1S/C16H23NO4/c1-11-8-12(2)16(13(3)9-11)21-10-14(18)17-7-5-4-6-15(19)20/h8-9H,4-7,10H2,1-3H3,(H,17,18)(H,19,20). The van der Waals surface area contributed by atoms with Crippen molar-refractivity contribution in [3.8, 4) is 5.75 Å². The minimum absolute atomic E-state index is 0.0241. The van der Waals surface area contributed by atoms with Gasteiger partial charge in [-0.25, -0.2) is 0 Å². The number of aryl methyl sites for hydroxylation is 3. The van der Waals surface area contributed by atoms with Crippen molar-refractivity contribution < 1.29 is 19.4 Å². The SMILES string of the molecule is Cc1cc(C)c(OCC(=O)NCCCCC(=O)O)c(C)c1. The number of ether oxygens (including phenoxy) is 1. The Kier molecular flexibility index (Phi) is 6.72. The molecule has 21 heavy (non-hydrogen) atoms. The number of benzene rings is 1. The van der Waals surface area contributed by atoms with Crippen LogP contribution in [0.5, 0.6) is 5.75 Å². The monoisotopic (exact) mass is 293 g/mol. The first-order valence-electron chi connectivity index (χ1n) is 7.09. The summed E-state index contributed by atoms with van der Waals surface area (Å²) in [4.78, 5) is 22.0. The largest absolute Gasteiger partial charge is 0.483 e. The van der Waals surface area contributed by atoms with Gasteiger partial charge in [-0.2, -0.15) is 0 Å². The molecule has 0 spiro atoms. The van der Waals surface area contributed by atoms with E-state index in [-0.39, 0.29) is 18.9 Å². The average Bonchev–Trinajstić information content (AvgIpc) is 2.36. The van der Waals surface area contributed by atoms with E-state index in [4.69, 9.17) is 9.84 Å². The van der Waals surface area contributed by atoms with E-state index in [0.717, 1.165) is 16.9 Å². The van der Waals surface area contributed by atoms with E-state index in [1.54, 1.807) is 0 Å². The van der Waals surface area contributed by atoms with Gasteiger partial charge in [0, 0.05) is 13.0 Å². The van der Waals surface area contributed by atoms with Crippen LogP contribution in [0.4, 0.5) is 0 Å². The first kappa shape index (κ1) is 17.0. The fourth-order valence-corrected chi connectivity index (χ4v) is 2.21. The van der Waals surface area contributed by atoms with Gasteiger partial charge in [0.1, 0.15) is 5.75 Å². The Hall–Kier alpha value is -2.04. The number of carbonyl (C=O) groups is 2. The number of hydrogen-bond donors (Lipinski definition) is 2. The van der Waals surface area contributed by atoms with Gasteiger partial charge in [-0.15, -0.1) is 0 Å². The molecule has 0 aliphatic heterocycles. The second-order valence-electron chi connectivity index (χ2n) is 5.22. The molecule has 1 aromatic carbocycles. The Morgan fingerprint density at radius 1 is 1.14 bits per heavy atom. The van der Waals surface area contributed by atoms with Crippen LogP contribution < -0.4 is 10.1 Å². The number of nitrogens with one attached hydrogen (secondary N) is 1. The number of carboxylic acids is 1. The highest BCUT2D eigenvalue weighted by Crippen LogP contribution is 2.24. The van der Waals surface area contributed by atoms with Crippen molar-refractivity contribution in [2.45, 2.75) is 40.0 Å². The van der Waals surface area contributed by atoms with Crippen molar-refractivity contribution in [3.63, 3.8) is 0 Å². The maximum atomic E-state index is 11.7. The summed E-state index contributed by atoms with van der Waals surface area (Å²) in [7, 11) is 0. The number of carboxylic acid groups (broad SMARTS) is 1. The Bertz CT molecular complexity index is 488. The summed E-state index contributed by atoms with van der Waals surface area (Å²) >= 11 is 0. The van der Waals surface area contributed by atoms with Gasteiger partial charge in [0.05, 0.1) is 0 Å². The molecular weight excluding hydrogens is 270 g/mol. The predicted octanol–water partition coefficient (Wildman–Crippen LogP) is 2.36. The Morgan fingerprint density at radius 2 is 1.76 bits per heavy atom. The molecule has 0 saturated heterocycles. The molecule has 0 heterocycles. The van der Waals surface area contributed by atoms with Gasteiger partial charge >= 0.3 is 5.97 Å². The third-order valence-electron chi connectivity index (χ3n) is 3.09. The molecule has 5 nitrogen and oxygen atoms in total. The molecule has 0 aromatic heterocycles. The Balaban J connectivity index is 2.32. The van der Waals surface area contributed by atoms with Crippen molar-refractivity contribution in [2.75, 3.05) is 13.2 Å². The maximum absolute atomic E-state index is 11.7. The molecule has 0 fully saturated rings. The maximum Gasteiger partial charge on any atom is 0.303 e. The lowest BCUT2D eigenvalue weighted by atomic mass is 10.1. The summed E-state index contributed by atoms with van der Waals surface area (Å²) in [5.41, 5.74) is 3.20. The molecule has 1 aromatic rings. The van der Waals surface area contributed by atoms with Crippen LogP contribution in [0.15, 0.2) is 12.1 Å². The van der Waals surface area contributed by atoms with Gasteiger partial charge in [-0.05, 0) is 44.7 Å². The van der Waals surface area contributed by atoms with Crippen LogP contribution in [-0.4, -0.2) is 30.1 Å². The van der Waals surface area contributed by atoms with Gasteiger partial charge in [0.2, 0.25) is 0 Å². The predicted molar refractivity (Wildman–Crippen MR) is 80.6 cm³/mol. The highest BCUT2D eigenvalue weighted by molar-refractivity contribution is 5.77. The van der Waals surface area contributed by atoms with Gasteiger partial charge in [0.15, 0.2) is 6.61 Å². The molecule has 5 heteroatoms. The zero-order valence-corrected chi connectivity index (χ0v) is 12.9. The molecular formula is C16H23NO4. The lowest BCUT2D eigenvalue weighted by Crippen LogP contribution is -2.30. The van der Waals surface area contributed by atoms with E-state index in [1.165, 1.54) is 5.56 Å². The van der Waals surface area contributed by atoms with Gasteiger partial charge in [-0.1, -0.05) is 17.7 Å². The minimum atomic E-state index is -0.810. The second kappa shape index (κ2) is 8.29. The molecule has 0 bridgehead atoms. The zero-order valence-electron chi connectivity index (χ0n) is 12.9. The van der Waals surface area contributed by atoms with Crippen molar-refractivity contribution in [3.05, 3.63) is 28.8 Å². The Labute approximate surface area is 125 Å². The molecule has 0 unspecified atom stereocenters. The summed E-state index contributed by atoms with van der Waals surface area (Å²) < 4.78 is 5.57. The van der Waals surface area contributed by atoms with Crippen molar-refractivity contribution in [2.24, 2.45) is 0 Å². The third kappa shape index (κ3) is 6.29.